The van der Waals surface area contributed by atoms with Crippen LogP contribution in [0.25, 0.3) is 0 Å². The molecule has 3 aromatic carbocycles. The van der Waals surface area contributed by atoms with Crippen LogP contribution in [0, 0.1) is 19.8 Å². The van der Waals surface area contributed by atoms with Crippen LogP contribution in [0.1, 0.15) is 23.1 Å². The zero-order valence-electron chi connectivity index (χ0n) is 20.2. The molecule has 3 aromatic rings. The number of amides is 3. The fourth-order valence-corrected chi connectivity index (χ4v) is 4.14. The van der Waals surface area contributed by atoms with Gasteiger partial charge in [0.15, 0.2) is 6.61 Å². The van der Waals surface area contributed by atoms with Gasteiger partial charge in [-0.25, -0.2) is 0 Å². The van der Waals surface area contributed by atoms with E-state index in [1.54, 1.807) is 41.3 Å². The number of anilines is 2. The zero-order chi connectivity index (χ0) is 25.7. The van der Waals surface area contributed by atoms with E-state index in [2.05, 4.69) is 10.6 Å². The summed E-state index contributed by atoms with van der Waals surface area (Å²) < 4.78 is 5.61. The average molecular weight is 506 g/mol. The summed E-state index contributed by atoms with van der Waals surface area (Å²) in [6, 6.07) is 19.9. The topological polar surface area (TPSA) is 87.7 Å². The molecule has 0 aromatic heterocycles. The van der Waals surface area contributed by atoms with E-state index in [0.29, 0.717) is 29.5 Å². The molecule has 186 valence electrons. The van der Waals surface area contributed by atoms with Gasteiger partial charge in [-0.05, 0) is 73.0 Å². The summed E-state index contributed by atoms with van der Waals surface area (Å²) in [5.41, 5.74) is 4.50. The van der Waals surface area contributed by atoms with Gasteiger partial charge in [-0.3, -0.25) is 14.4 Å². The molecule has 1 heterocycles. The predicted molar refractivity (Wildman–Crippen MR) is 140 cm³/mol. The number of hydrogen-bond donors (Lipinski definition) is 2. The largest absolute Gasteiger partial charge is 0.484 e. The number of carbonyl (C=O) groups is 3. The van der Waals surface area contributed by atoms with Crippen LogP contribution in [-0.4, -0.2) is 30.9 Å². The number of benzene rings is 3. The van der Waals surface area contributed by atoms with E-state index < -0.39 is 5.92 Å². The Morgan fingerprint density at radius 3 is 2.47 bits per heavy atom. The minimum absolute atomic E-state index is 0.108. The van der Waals surface area contributed by atoms with Crippen molar-refractivity contribution in [2.45, 2.75) is 26.8 Å². The van der Waals surface area contributed by atoms with E-state index in [4.69, 9.17) is 16.3 Å². The minimum atomic E-state index is -0.422. The number of carbonyl (C=O) groups excluding carboxylic acids is 3. The number of nitrogens with one attached hydrogen (secondary N) is 2. The van der Waals surface area contributed by atoms with E-state index in [1.165, 1.54) is 0 Å². The molecular formula is C28H28ClN3O4. The van der Waals surface area contributed by atoms with Gasteiger partial charge in [-0.15, -0.1) is 0 Å². The molecule has 0 spiro atoms. The summed E-state index contributed by atoms with van der Waals surface area (Å²) in [5.74, 6) is -0.429. The van der Waals surface area contributed by atoms with Crippen LogP contribution in [0.15, 0.2) is 66.7 Å². The molecule has 8 heteroatoms. The van der Waals surface area contributed by atoms with Crippen LogP contribution in [0.3, 0.4) is 0 Å². The number of ether oxygens (including phenoxy) is 1. The Morgan fingerprint density at radius 1 is 1.03 bits per heavy atom. The Labute approximate surface area is 215 Å². The fraction of sp³-hybridized carbons (Fsp3) is 0.250. The second-order valence-corrected chi connectivity index (χ2v) is 9.26. The summed E-state index contributed by atoms with van der Waals surface area (Å²) in [7, 11) is 0. The van der Waals surface area contributed by atoms with Gasteiger partial charge in [0.05, 0.1) is 5.92 Å². The molecule has 3 amide bonds. The van der Waals surface area contributed by atoms with E-state index in [0.717, 1.165) is 22.4 Å². The van der Waals surface area contributed by atoms with Gasteiger partial charge in [-0.1, -0.05) is 35.9 Å². The first kappa shape index (κ1) is 25.3. The third-order valence-electron chi connectivity index (χ3n) is 6.27. The molecule has 1 saturated heterocycles. The van der Waals surface area contributed by atoms with E-state index in [9.17, 15) is 14.4 Å². The van der Waals surface area contributed by atoms with Crippen LogP contribution < -0.4 is 20.3 Å². The monoisotopic (exact) mass is 505 g/mol. The summed E-state index contributed by atoms with van der Waals surface area (Å²) in [6.45, 7) is 4.50. The highest BCUT2D eigenvalue weighted by atomic mass is 35.5. The smallest absolute Gasteiger partial charge is 0.262 e. The summed E-state index contributed by atoms with van der Waals surface area (Å²) in [5, 5.41) is 6.39. The molecule has 0 aliphatic carbocycles. The van der Waals surface area contributed by atoms with Crippen molar-refractivity contribution >= 4 is 40.7 Å². The lowest BCUT2D eigenvalue weighted by atomic mass is 10.1. The third-order valence-corrected chi connectivity index (χ3v) is 6.52. The second kappa shape index (κ2) is 11.3. The van der Waals surface area contributed by atoms with Gasteiger partial charge >= 0.3 is 0 Å². The van der Waals surface area contributed by atoms with Crippen molar-refractivity contribution in [1.82, 2.24) is 5.32 Å². The summed E-state index contributed by atoms with van der Waals surface area (Å²) >= 11 is 5.89. The molecule has 2 N–H and O–H groups in total. The van der Waals surface area contributed by atoms with Crippen molar-refractivity contribution in [3.05, 3.63) is 88.4 Å². The molecule has 36 heavy (non-hydrogen) atoms. The lowest BCUT2D eigenvalue weighted by Crippen LogP contribution is -2.32. The molecule has 1 atom stereocenters. The number of rotatable bonds is 8. The van der Waals surface area contributed by atoms with Crippen molar-refractivity contribution in [3.63, 3.8) is 0 Å². The van der Waals surface area contributed by atoms with Gasteiger partial charge in [0.2, 0.25) is 11.8 Å². The van der Waals surface area contributed by atoms with Crippen LogP contribution in [-0.2, 0) is 20.9 Å². The van der Waals surface area contributed by atoms with Gasteiger partial charge in [0.25, 0.3) is 5.91 Å². The van der Waals surface area contributed by atoms with Crippen molar-refractivity contribution in [2.24, 2.45) is 5.92 Å². The minimum Gasteiger partial charge on any atom is -0.484 e. The number of aryl methyl sites for hydroxylation is 1. The highest BCUT2D eigenvalue weighted by molar-refractivity contribution is 6.30. The van der Waals surface area contributed by atoms with E-state index in [-0.39, 0.29) is 30.7 Å². The Balaban J connectivity index is 1.27. The van der Waals surface area contributed by atoms with Crippen molar-refractivity contribution < 1.29 is 19.1 Å². The molecular weight excluding hydrogens is 478 g/mol. The molecule has 7 nitrogen and oxygen atoms in total. The van der Waals surface area contributed by atoms with Gasteiger partial charge in [0, 0.05) is 35.9 Å². The van der Waals surface area contributed by atoms with Crippen LogP contribution in [0.2, 0.25) is 5.02 Å². The maximum Gasteiger partial charge on any atom is 0.262 e. The first-order chi connectivity index (χ1) is 17.3. The van der Waals surface area contributed by atoms with Gasteiger partial charge < -0.3 is 20.3 Å². The average Bonchev–Trinajstić information content (AvgIpc) is 3.27. The molecule has 0 saturated carbocycles. The third kappa shape index (κ3) is 6.23. The predicted octanol–water partition coefficient (Wildman–Crippen LogP) is 4.64. The number of nitrogens with zero attached hydrogens (tertiary/aromatic N) is 1. The highest BCUT2D eigenvalue weighted by Crippen LogP contribution is 2.27. The van der Waals surface area contributed by atoms with Crippen LogP contribution >= 0.6 is 11.6 Å². The normalized spacial score (nSPS) is 15.0. The zero-order valence-corrected chi connectivity index (χ0v) is 21.0. The van der Waals surface area contributed by atoms with Gasteiger partial charge in [-0.2, -0.15) is 0 Å². The molecule has 4 rings (SSSR count). The Kier molecular flexibility index (Phi) is 7.90. The Morgan fingerprint density at radius 2 is 1.75 bits per heavy atom. The Hall–Kier alpha value is -3.84. The maximum atomic E-state index is 12.6. The quantitative estimate of drug-likeness (QED) is 0.466. The fourth-order valence-electron chi connectivity index (χ4n) is 4.01. The number of hydrogen-bond acceptors (Lipinski definition) is 4. The molecule has 1 aliphatic rings. The highest BCUT2D eigenvalue weighted by Gasteiger charge is 2.35. The van der Waals surface area contributed by atoms with Crippen molar-refractivity contribution in [1.29, 1.82) is 0 Å². The standard InChI is InChI=1S/C28H28ClN3O4/c1-18-4-3-5-25(19(18)2)31-26(33)17-36-24-12-10-23(11-13-24)32-16-21(14-27(32)34)28(35)30-15-20-6-8-22(29)9-7-20/h3-13,21H,14-17H2,1-2H3,(H,30,35)(H,31,33)/t21-/m1/s1. The second-order valence-electron chi connectivity index (χ2n) is 8.83. The molecule has 0 unspecified atom stereocenters. The first-order valence-electron chi connectivity index (χ1n) is 11.7. The van der Waals surface area contributed by atoms with Crippen LogP contribution in [0.5, 0.6) is 5.75 Å². The van der Waals surface area contributed by atoms with E-state index in [1.807, 2.05) is 44.2 Å². The number of halogens is 1. The summed E-state index contributed by atoms with van der Waals surface area (Å²) in [6.07, 6.45) is 0.156. The lowest BCUT2D eigenvalue weighted by Gasteiger charge is -2.17. The van der Waals surface area contributed by atoms with Gasteiger partial charge in [0.1, 0.15) is 5.75 Å². The van der Waals surface area contributed by atoms with Crippen molar-refractivity contribution in [3.8, 4) is 5.75 Å². The molecule has 1 aliphatic heterocycles. The first-order valence-corrected chi connectivity index (χ1v) is 12.1. The van der Waals surface area contributed by atoms with Crippen LogP contribution in [0.4, 0.5) is 11.4 Å². The maximum absolute atomic E-state index is 12.6. The van der Waals surface area contributed by atoms with E-state index >= 15 is 0 Å². The lowest BCUT2D eigenvalue weighted by molar-refractivity contribution is -0.126. The molecule has 0 bridgehead atoms. The Bertz CT molecular complexity index is 1260. The SMILES string of the molecule is Cc1cccc(NC(=O)COc2ccc(N3C[C@H](C(=O)NCc4ccc(Cl)cc4)CC3=O)cc2)c1C. The summed E-state index contributed by atoms with van der Waals surface area (Å²) in [4.78, 5) is 39.1. The molecule has 0 radical (unpaired) electrons. The molecule has 1 fully saturated rings. The van der Waals surface area contributed by atoms with Crippen molar-refractivity contribution in [2.75, 3.05) is 23.4 Å².